The molecule has 0 aromatic heterocycles. The van der Waals surface area contributed by atoms with Crippen LogP contribution in [0.5, 0.6) is 5.75 Å². The summed E-state index contributed by atoms with van der Waals surface area (Å²) in [5.41, 5.74) is 2.48. The Morgan fingerprint density at radius 2 is 1.89 bits per heavy atom. The number of alkyl halides is 2. The third-order valence-electron chi connectivity index (χ3n) is 1.89. The Morgan fingerprint density at radius 1 is 1.26 bits per heavy atom. The molecule has 1 aromatic rings. The van der Waals surface area contributed by atoms with Crippen molar-refractivity contribution in [3.63, 3.8) is 0 Å². The number of ether oxygens (including phenoxy) is 1. The number of carboxylic acids is 1. The maximum atomic E-state index is 11.9. The maximum Gasteiger partial charge on any atom is 0.387 e. The third-order valence-corrected chi connectivity index (χ3v) is 1.89. The molecule has 1 amide bonds. The average Bonchev–Trinajstić information content (AvgIpc) is 2.30. The van der Waals surface area contributed by atoms with E-state index in [1.54, 1.807) is 0 Å². The number of aliphatic carboxylic acids is 1. The van der Waals surface area contributed by atoms with Gasteiger partial charge in [-0.15, -0.1) is 0 Å². The number of hydroxylamine groups is 1. The molecule has 0 saturated carbocycles. The third kappa shape index (κ3) is 6.32. The van der Waals surface area contributed by atoms with Crippen molar-refractivity contribution in [2.45, 2.75) is 13.0 Å². The Labute approximate surface area is 106 Å². The lowest BCUT2D eigenvalue weighted by Crippen LogP contribution is -2.27. The van der Waals surface area contributed by atoms with Gasteiger partial charge in [-0.2, -0.15) is 8.78 Å². The summed E-state index contributed by atoms with van der Waals surface area (Å²) in [6, 6.07) is 5.47. The van der Waals surface area contributed by atoms with Crippen LogP contribution in [0.25, 0.3) is 0 Å². The van der Waals surface area contributed by atoms with Crippen molar-refractivity contribution in [1.82, 2.24) is 5.48 Å². The van der Waals surface area contributed by atoms with Crippen molar-refractivity contribution in [2.24, 2.45) is 0 Å². The van der Waals surface area contributed by atoms with E-state index in [1.165, 1.54) is 24.3 Å². The number of rotatable bonds is 7. The molecule has 0 saturated heterocycles. The minimum absolute atomic E-state index is 0.0127. The number of hydrogen-bond donors (Lipinski definition) is 2. The van der Waals surface area contributed by atoms with Crippen LogP contribution in [0, 0.1) is 0 Å². The normalized spacial score (nSPS) is 10.3. The number of carbonyl (C=O) groups is 2. The molecule has 0 spiro atoms. The highest BCUT2D eigenvalue weighted by Crippen LogP contribution is 2.15. The summed E-state index contributed by atoms with van der Waals surface area (Å²) in [5.74, 6) is -1.78. The van der Waals surface area contributed by atoms with E-state index in [4.69, 9.17) is 5.11 Å². The molecule has 104 valence electrons. The van der Waals surface area contributed by atoms with Gasteiger partial charge in [-0.05, 0) is 17.7 Å². The molecule has 6 nitrogen and oxygen atoms in total. The van der Waals surface area contributed by atoms with Gasteiger partial charge in [0.2, 0.25) is 5.91 Å². The van der Waals surface area contributed by atoms with Gasteiger partial charge in [-0.25, -0.2) is 10.3 Å². The Balaban J connectivity index is 2.40. The van der Waals surface area contributed by atoms with Crippen molar-refractivity contribution in [3.8, 4) is 5.75 Å². The van der Waals surface area contributed by atoms with E-state index >= 15 is 0 Å². The highest BCUT2D eigenvalue weighted by atomic mass is 19.3. The van der Waals surface area contributed by atoms with Crippen molar-refractivity contribution < 1.29 is 33.1 Å². The first-order chi connectivity index (χ1) is 8.97. The smallest absolute Gasteiger partial charge is 0.387 e. The number of benzene rings is 1. The lowest BCUT2D eigenvalue weighted by molar-refractivity contribution is -0.149. The molecular formula is C11H11F2NO5. The van der Waals surface area contributed by atoms with Gasteiger partial charge in [0.1, 0.15) is 5.75 Å². The molecule has 0 unspecified atom stereocenters. The fourth-order valence-corrected chi connectivity index (χ4v) is 1.19. The predicted molar refractivity (Wildman–Crippen MR) is 58.5 cm³/mol. The van der Waals surface area contributed by atoms with Crippen LogP contribution in [0.2, 0.25) is 0 Å². The van der Waals surface area contributed by atoms with Crippen LogP contribution in [0.1, 0.15) is 5.56 Å². The van der Waals surface area contributed by atoms with Crippen LogP contribution in [-0.4, -0.2) is 30.2 Å². The van der Waals surface area contributed by atoms with Crippen molar-refractivity contribution in [3.05, 3.63) is 29.8 Å². The average molecular weight is 275 g/mol. The van der Waals surface area contributed by atoms with Crippen LogP contribution in [0.4, 0.5) is 8.78 Å². The molecule has 0 aliphatic rings. The van der Waals surface area contributed by atoms with Gasteiger partial charge in [0.15, 0.2) is 6.61 Å². The maximum absolute atomic E-state index is 11.9. The Morgan fingerprint density at radius 3 is 2.42 bits per heavy atom. The predicted octanol–water partition coefficient (Wildman–Crippen LogP) is 0.963. The minimum atomic E-state index is -2.90. The highest BCUT2D eigenvalue weighted by molar-refractivity contribution is 5.77. The molecule has 0 heterocycles. The van der Waals surface area contributed by atoms with Crippen LogP contribution in [-0.2, 0) is 20.8 Å². The van der Waals surface area contributed by atoms with E-state index in [1.807, 2.05) is 5.48 Å². The monoisotopic (exact) mass is 275 g/mol. The van der Waals surface area contributed by atoms with Gasteiger partial charge in [0, 0.05) is 0 Å². The van der Waals surface area contributed by atoms with Gasteiger partial charge in [-0.3, -0.25) is 9.63 Å². The first kappa shape index (κ1) is 14.8. The lowest BCUT2D eigenvalue weighted by atomic mass is 10.1. The highest BCUT2D eigenvalue weighted by Gasteiger charge is 2.07. The summed E-state index contributed by atoms with van der Waals surface area (Å²) >= 11 is 0. The number of halogens is 2. The summed E-state index contributed by atoms with van der Waals surface area (Å²) in [5, 5.41) is 8.27. The molecule has 0 atom stereocenters. The molecule has 8 heteroatoms. The van der Waals surface area contributed by atoms with Crippen LogP contribution >= 0.6 is 0 Å². The molecule has 0 aliphatic carbocycles. The van der Waals surface area contributed by atoms with E-state index < -0.39 is 25.1 Å². The van der Waals surface area contributed by atoms with Crippen molar-refractivity contribution in [1.29, 1.82) is 0 Å². The van der Waals surface area contributed by atoms with E-state index in [0.29, 0.717) is 5.56 Å². The second-order valence-electron chi connectivity index (χ2n) is 3.41. The van der Waals surface area contributed by atoms with Gasteiger partial charge in [0.05, 0.1) is 6.42 Å². The van der Waals surface area contributed by atoms with Crippen LogP contribution < -0.4 is 10.2 Å². The molecule has 0 bridgehead atoms. The molecule has 0 aliphatic heterocycles. The lowest BCUT2D eigenvalue weighted by Gasteiger charge is -2.06. The molecule has 2 N–H and O–H groups in total. The summed E-state index contributed by atoms with van der Waals surface area (Å²) in [6.45, 7) is -3.55. The number of carboxylic acid groups (broad SMARTS) is 1. The topological polar surface area (TPSA) is 84.9 Å². The number of amides is 1. The first-order valence-corrected chi connectivity index (χ1v) is 5.13. The minimum Gasteiger partial charge on any atom is -0.479 e. The van der Waals surface area contributed by atoms with Crippen molar-refractivity contribution >= 4 is 11.9 Å². The zero-order valence-corrected chi connectivity index (χ0v) is 9.64. The Hall–Kier alpha value is -2.22. The molecule has 19 heavy (non-hydrogen) atoms. The summed E-state index contributed by atoms with van der Waals surface area (Å²) in [4.78, 5) is 25.8. The molecule has 1 rings (SSSR count). The zero-order valence-electron chi connectivity index (χ0n) is 9.64. The Kier molecular flexibility index (Phi) is 5.68. The molecule has 1 aromatic carbocycles. The van der Waals surface area contributed by atoms with Crippen LogP contribution in [0.3, 0.4) is 0 Å². The van der Waals surface area contributed by atoms with Gasteiger partial charge < -0.3 is 9.84 Å². The van der Waals surface area contributed by atoms with E-state index in [2.05, 4.69) is 9.57 Å². The fourth-order valence-electron chi connectivity index (χ4n) is 1.19. The van der Waals surface area contributed by atoms with E-state index in [-0.39, 0.29) is 12.2 Å². The Bertz CT molecular complexity index is 435. The number of carbonyl (C=O) groups excluding carboxylic acids is 1. The summed E-state index contributed by atoms with van der Waals surface area (Å²) in [7, 11) is 0. The van der Waals surface area contributed by atoms with E-state index in [0.717, 1.165) is 0 Å². The standard InChI is InChI=1S/C11H11F2NO5/c12-11(13)19-8-3-1-7(2-4-8)5-9(15)14-18-6-10(16)17/h1-4,11H,5-6H2,(H,14,15)(H,16,17). The first-order valence-electron chi connectivity index (χ1n) is 5.13. The van der Waals surface area contributed by atoms with Crippen molar-refractivity contribution in [2.75, 3.05) is 6.61 Å². The van der Waals surface area contributed by atoms with Gasteiger partial charge in [0.25, 0.3) is 0 Å². The second-order valence-corrected chi connectivity index (χ2v) is 3.41. The SMILES string of the molecule is O=C(O)CONC(=O)Cc1ccc(OC(F)F)cc1. The molecular weight excluding hydrogens is 264 g/mol. The van der Waals surface area contributed by atoms with Gasteiger partial charge >= 0.3 is 12.6 Å². The largest absolute Gasteiger partial charge is 0.479 e. The van der Waals surface area contributed by atoms with E-state index in [9.17, 15) is 18.4 Å². The second kappa shape index (κ2) is 7.27. The summed E-state index contributed by atoms with van der Waals surface area (Å²) < 4.78 is 27.9. The van der Waals surface area contributed by atoms with Gasteiger partial charge in [-0.1, -0.05) is 12.1 Å². The molecule has 0 radical (unpaired) electrons. The number of hydrogen-bond acceptors (Lipinski definition) is 4. The zero-order chi connectivity index (χ0) is 14.3. The fraction of sp³-hybridized carbons (Fsp3) is 0.273. The number of nitrogens with one attached hydrogen (secondary N) is 1. The van der Waals surface area contributed by atoms with Crippen LogP contribution in [0.15, 0.2) is 24.3 Å². The molecule has 0 fully saturated rings. The summed E-state index contributed by atoms with van der Waals surface area (Å²) in [6.07, 6.45) is -0.0748. The quantitative estimate of drug-likeness (QED) is 0.724.